The number of nitrogens with zero attached hydrogens (tertiary/aromatic N) is 3. The van der Waals surface area contributed by atoms with E-state index in [0.717, 1.165) is 47.9 Å². The molecule has 0 spiro atoms. The summed E-state index contributed by atoms with van der Waals surface area (Å²) in [6, 6.07) is 8.50. The Morgan fingerprint density at radius 1 is 0.941 bits per heavy atom. The van der Waals surface area contributed by atoms with Crippen LogP contribution in [0.25, 0.3) is 11.1 Å². The van der Waals surface area contributed by atoms with Gasteiger partial charge in [0.15, 0.2) is 0 Å². The molecule has 0 saturated carbocycles. The van der Waals surface area contributed by atoms with Crippen molar-refractivity contribution in [3.8, 4) is 11.1 Å². The minimum Gasteiger partial charge on any atom is -0.322 e. The van der Waals surface area contributed by atoms with Gasteiger partial charge in [-0.2, -0.15) is 27.1 Å². The van der Waals surface area contributed by atoms with Crippen LogP contribution in [0.5, 0.6) is 0 Å². The molecule has 5 nitrogen and oxygen atoms in total. The molecule has 2 aromatic carbocycles. The summed E-state index contributed by atoms with van der Waals surface area (Å²) >= 11 is 0. The molecule has 0 aliphatic carbocycles. The zero-order valence-electron chi connectivity index (χ0n) is 17.3. The summed E-state index contributed by atoms with van der Waals surface area (Å²) in [4.78, 5) is 3.76. The Morgan fingerprint density at radius 2 is 1.59 bits per heavy atom. The van der Waals surface area contributed by atoms with Gasteiger partial charge in [-0.1, -0.05) is 24.3 Å². The van der Waals surface area contributed by atoms with Gasteiger partial charge in [-0.3, -0.25) is 9.99 Å². The number of rotatable bonds is 7. The van der Waals surface area contributed by atoms with Crippen LogP contribution in [0.1, 0.15) is 22.7 Å². The van der Waals surface area contributed by atoms with Crippen molar-refractivity contribution in [1.82, 2.24) is 9.99 Å². The van der Waals surface area contributed by atoms with E-state index < -0.39 is 53.0 Å². The monoisotopic (exact) mass is 485 g/mol. The molecular formula is C22H18F7N5. The number of nitrogens with two attached hydrogens (primary N) is 2. The van der Waals surface area contributed by atoms with E-state index in [-0.39, 0.29) is 5.56 Å². The second-order valence-corrected chi connectivity index (χ2v) is 7.31. The number of hydrogen-bond donors (Lipinski definition) is 2. The molecule has 0 fully saturated rings. The van der Waals surface area contributed by atoms with Crippen LogP contribution in [0, 0.1) is 11.6 Å². The van der Waals surface area contributed by atoms with E-state index in [9.17, 15) is 22.0 Å². The van der Waals surface area contributed by atoms with E-state index in [2.05, 4.69) is 10.1 Å². The van der Waals surface area contributed by atoms with Gasteiger partial charge in [0, 0.05) is 24.4 Å². The van der Waals surface area contributed by atoms with Crippen molar-refractivity contribution < 1.29 is 30.7 Å². The Morgan fingerprint density at radius 3 is 2.12 bits per heavy atom. The van der Waals surface area contributed by atoms with Crippen molar-refractivity contribution in [2.24, 2.45) is 16.8 Å². The molecule has 3 rings (SSSR count). The molecule has 4 N–H and O–H groups in total. The maximum atomic E-state index is 15.5. The Balaban J connectivity index is 1.96. The van der Waals surface area contributed by atoms with Crippen LogP contribution in [-0.2, 0) is 12.1 Å². The third-order valence-corrected chi connectivity index (χ3v) is 5.03. The van der Waals surface area contributed by atoms with Crippen LogP contribution in [0.15, 0.2) is 65.9 Å². The van der Waals surface area contributed by atoms with Gasteiger partial charge in [0.05, 0.1) is 11.5 Å². The lowest BCUT2D eigenvalue weighted by Crippen LogP contribution is -2.40. The molecule has 1 unspecified atom stereocenters. The van der Waals surface area contributed by atoms with Gasteiger partial charge in [-0.05, 0) is 35.4 Å². The highest BCUT2D eigenvalue weighted by atomic mass is 19.4. The van der Waals surface area contributed by atoms with Crippen LogP contribution < -0.4 is 11.7 Å². The summed E-state index contributed by atoms with van der Waals surface area (Å²) < 4.78 is 96.9. The van der Waals surface area contributed by atoms with Crippen LogP contribution in [-0.4, -0.2) is 22.9 Å². The normalized spacial score (nSPS) is 13.3. The van der Waals surface area contributed by atoms with E-state index in [1.165, 1.54) is 18.2 Å². The van der Waals surface area contributed by atoms with Crippen molar-refractivity contribution in [3.05, 3.63) is 89.2 Å². The molecular weight excluding hydrogens is 467 g/mol. The molecule has 1 heterocycles. The molecule has 0 aliphatic rings. The van der Waals surface area contributed by atoms with Crippen molar-refractivity contribution >= 4 is 6.34 Å². The average Bonchev–Trinajstić information content (AvgIpc) is 2.78. The van der Waals surface area contributed by atoms with Crippen molar-refractivity contribution in [3.63, 3.8) is 0 Å². The fraction of sp³-hybridized carbons (Fsp3) is 0.182. The zero-order valence-corrected chi connectivity index (χ0v) is 17.3. The van der Waals surface area contributed by atoms with Crippen LogP contribution in [0.4, 0.5) is 30.7 Å². The topological polar surface area (TPSA) is 80.5 Å². The molecule has 0 aliphatic heterocycles. The van der Waals surface area contributed by atoms with Gasteiger partial charge in [0.2, 0.25) is 0 Å². The Hall–Kier alpha value is -3.67. The lowest BCUT2D eigenvalue weighted by molar-refractivity contribution is -0.137. The lowest BCUT2D eigenvalue weighted by Gasteiger charge is -2.29. The molecule has 1 aromatic heterocycles. The first-order chi connectivity index (χ1) is 15.9. The summed E-state index contributed by atoms with van der Waals surface area (Å²) in [5.74, 6) is 2.71. The van der Waals surface area contributed by atoms with E-state index in [1.54, 1.807) is 0 Å². The second-order valence-electron chi connectivity index (χ2n) is 7.31. The maximum absolute atomic E-state index is 15.5. The highest BCUT2D eigenvalue weighted by molar-refractivity contribution is 5.63. The first kappa shape index (κ1) is 25.0. The van der Waals surface area contributed by atoms with Gasteiger partial charge < -0.3 is 5.84 Å². The molecule has 1 atom stereocenters. The largest absolute Gasteiger partial charge is 0.416 e. The predicted molar refractivity (Wildman–Crippen MR) is 111 cm³/mol. The van der Waals surface area contributed by atoms with Gasteiger partial charge in [0.1, 0.15) is 23.7 Å². The van der Waals surface area contributed by atoms with E-state index in [0.29, 0.717) is 11.6 Å². The first-order valence-electron chi connectivity index (χ1n) is 9.65. The quantitative estimate of drug-likeness (QED) is 0.162. The summed E-state index contributed by atoms with van der Waals surface area (Å²) in [6.45, 7) is -0.654. The molecule has 180 valence electrons. The minimum atomic E-state index is -4.52. The number of aromatic nitrogens is 1. The number of hydrogen-bond acceptors (Lipinski definition) is 4. The maximum Gasteiger partial charge on any atom is 0.416 e. The van der Waals surface area contributed by atoms with E-state index in [1.807, 2.05) is 0 Å². The number of hydrazine groups is 1. The minimum absolute atomic E-state index is 0.286. The Labute approximate surface area is 189 Å². The van der Waals surface area contributed by atoms with Crippen LogP contribution >= 0.6 is 0 Å². The van der Waals surface area contributed by atoms with Crippen LogP contribution in [0.3, 0.4) is 0 Å². The van der Waals surface area contributed by atoms with Gasteiger partial charge in [-0.25, -0.2) is 14.6 Å². The van der Waals surface area contributed by atoms with Crippen molar-refractivity contribution in [2.75, 3.05) is 6.54 Å². The van der Waals surface area contributed by atoms with Crippen molar-refractivity contribution in [1.29, 1.82) is 0 Å². The van der Waals surface area contributed by atoms with Gasteiger partial charge >= 0.3 is 6.18 Å². The third-order valence-electron chi connectivity index (χ3n) is 5.03. The zero-order chi connectivity index (χ0) is 25.1. The standard InChI is InChI=1S/C22H18F7N5/c23-16-6-7-17(19(24)9-16)18(11-34(31)12-33-30)21(25,26)20-8-3-14(10-32-20)13-1-4-15(5-2-13)22(27,28)29/h1-10,12,18H,11,30-31H2/b33-12-. The van der Waals surface area contributed by atoms with Crippen LogP contribution in [0.2, 0.25) is 0 Å². The molecule has 0 amide bonds. The van der Waals surface area contributed by atoms with Gasteiger partial charge in [-0.15, -0.1) is 0 Å². The lowest BCUT2D eigenvalue weighted by atomic mass is 9.89. The molecule has 0 bridgehead atoms. The summed E-state index contributed by atoms with van der Waals surface area (Å²) in [6.07, 6.45) is -2.60. The molecule has 12 heteroatoms. The number of benzene rings is 2. The fourth-order valence-corrected chi connectivity index (χ4v) is 3.33. The third kappa shape index (κ3) is 5.45. The highest BCUT2D eigenvalue weighted by Gasteiger charge is 2.45. The second kappa shape index (κ2) is 9.67. The predicted octanol–water partition coefficient (Wildman–Crippen LogP) is 5.00. The SMILES string of the molecule is N/N=C\N(N)CC(c1ccc(F)cc1F)C(F)(F)c1ccc(-c2ccc(C(F)(F)F)cc2)cn1. The summed E-state index contributed by atoms with van der Waals surface area (Å²) in [5.41, 5.74) is -1.52. The smallest absolute Gasteiger partial charge is 0.322 e. The summed E-state index contributed by atoms with van der Waals surface area (Å²) in [7, 11) is 0. The number of alkyl halides is 5. The highest BCUT2D eigenvalue weighted by Crippen LogP contribution is 2.43. The Bertz CT molecular complexity index is 1150. The average molecular weight is 485 g/mol. The number of hydrazone groups is 1. The molecule has 0 saturated heterocycles. The number of pyridine rings is 1. The first-order valence-corrected chi connectivity index (χ1v) is 9.65. The number of halogens is 7. The Kier molecular flexibility index (Phi) is 7.10. The molecule has 0 radical (unpaired) electrons. The fourth-order valence-electron chi connectivity index (χ4n) is 3.33. The van der Waals surface area contributed by atoms with Crippen molar-refractivity contribution in [2.45, 2.75) is 18.0 Å². The van der Waals surface area contributed by atoms with E-state index >= 15 is 8.78 Å². The molecule has 3 aromatic rings. The van der Waals surface area contributed by atoms with E-state index in [4.69, 9.17) is 11.7 Å². The van der Waals surface area contributed by atoms with Gasteiger partial charge in [0.25, 0.3) is 5.92 Å². The summed E-state index contributed by atoms with van der Waals surface area (Å²) in [5, 5.41) is 3.85. The molecule has 34 heavy (non-hydrogen) atoms.